The first kappa shape index (κ1) is 9.26. The summed E-state index contributed by atoms with van der Waals surface area (Å²) in [6.45, 7) is 0. The van der Waals surface area contributed by atoms with Crippen LogP contribution in [-0.4, -0.2) is 17.4 Å². The first-order valence-corrected chi connectivity index (χ1v) is 4.35. The molecule has 2 unspecified atom stereocenters. The number of fused-ring (bicyclic) bond motifs is 1. The minimum absolute atomic E-state index is 0. The number of amides is 1. The van der Waals surface area contributed by atoms with Gasteiger partial charge in [0.2, 0.25) is 5.91 Å². The van der Waals surface area contributed by atoms with Crippen LogP contribution in [0.2, 0.25) is 0 Å². The minimum atomic E-state index is 0. The highest BCUT2D eigenvalue weighted by atomic mass is 16.1. The normalized spacial score (nSPS) is 33.2. The molecule has 0 spiro atoms. The zero-order valence-electron chi connectivity index (χ0n) is 7.05. The number of rotatable bonds is 0. The third kappa shape index (κ3) is 1.67. The Morgan fingerprint density at radius 3 is 2.92 bits per heavy atom. The number of hydrogen-bond donors (Lipinski definition) is 1. The summed E-state index contributed by atoms with van der Waals surface area (Å²) in [5.74, 6) is 0.717. The van der Waals surface area contributed by atoms with Gasteiger partial charge in [-0.05, 0) is 24.8 Å². The van der Waals surface area contributed by atoms with Gasteiger partial charge >= 0.3 is 0 Å². The maximum absolute atomic E-state index is 10.9. The Labute approximate surface area is 72.1 Å². The molecule has 1 fully saturated rings. The lowest BCUT2D eigenvalue weighted by Gasteiger charge is -2.32. The first-order valence-electron chi connectivity index (χ1n) is 4.35. The van der Waals surface area contributed by atoms with Crippen molar-refractivity contribution < 1.29 is 10.3 Å². The van der Waals surface area contributed by atoms with Crippen LogP contribution in [0, 0.1) is 5.92 Å². The molecule has 2 atom stereocenters. The van der Waals surface area contributed by atoms with Crippen molar-refractivity contribution in [2.75, 3.05) is 0 Å². The highest BCUT2D eigenvalue weighted by Gasteiger charge is 2.26. The zero-order valence-corrected chi connectivity index (χ0v) is 7.05. The van der Waals surface area contributed by atoms with E-state index in [1.807, 2.05) is 0 Å². The van der Waals surface area contributed by atoms with Crippen LogP contribution in [0.1, 0.15) is 25.7 Å². The van der Waals surface area contributed by atoms with Gasteiger partial charge in [-0.25, -0.2) is 0 Å². The summed E-state index contributed by atoms with van der Waals surface area (Å²) in [7, 11) is 0. The molecule has 0 aromatic rings. The van der Waals surface area contributed by atoms with Gasteiger partial charge in [0.1, 0.15) is 0 Å². The maximum atomic E-state index is 10.9. The summed E-state index contributed by atoms with van der Waals surface area (Å²) < 4.78 is 0. The predicted molar refractivity (Wildman–Crippen MR) is 46.6 cm³/mol. The summed E-state index contributed by atoms with van der Waals surface area (Å²) in [5, 5.41) is 2.99. The van der Waals surface area contributed by atoms with Gasteiger partial charge in [0.15, 0.2) is 0 Å². The van der Waals surface area contributed by atoms with Crippen molar-refractivity contribution in [1.82, 2.24) is 5.32 Å². The summed E-state index contributed by atoms with van der Waals surface area (Å²) >= 11 is 0. The maximum Gasteiger partial charge on any atom is 0.243 e. The fourth-order valence-electron chi connectivity index (χ4n) is 2.01. The highest BCUT2D eigenvalue weighted by molar-refractivity contribution is 5.88. The Bertz CT molecular complexity index is 201. The lowest BCUT2D eigenvalue weighted by molar-refractivity contribution is -0.118. The van der Waals surface area contributed by atoms with Crippen molar-refractivity contribution in [1.29, 1.82) is 0 Å². The van der Waals surface area contributed by atoms with E-state index >= 15 is 0 Å². The molecule has 1 aliphatic carbocycles. The molecular formula is C9H15NO2. The van der Waals surface area contributed by atoms with Crippen LogP contribution >= 0.6 is 0 Å². The largest absolute Gasteiger partial charge is 0.412 e. The first-order chi connectivity index (χ1) is 5.36. The molecule has 3 heteroatoms. The zero-order chi connectivity index (χ0) is 7.68. The lowest BCUT2D eigenvalue weighted by atomic mass is 9.83. The molecule has 68 valence electrons. The van der Waals surface area contributed by atoms with Crippen LogP contribution in [0.4, 0.5) is 0 Å². The van der Waals surface area contributed by atoms with Gasteiger partial charge in [-0.15, -0.1) is 0 Å². The van der Waals surface area contributed by atoms with E-state index in [0.717, 1.165) is 0 Å². The quantitative estimate of drug-likeness (QED) is 0.560. The molecule has 3 nitrogen and oxygen atoms in total. The highest BCUT2D eigenvalue weighted by Crippen LogP contribution is 2.27. The smallest absolute Gasteiger partial charge is 0.243 e. The monoisotopic (exact) mass is 169 g/mol. The molecule has 2 rings (SSSR count). The van der Waals surface area contributed by atoms with Crippen molar-refractivity contribution >= 4 is 5.91 Å². The van der Waals surface area contributed by atoms with E-state index in [-0.39, 0.29) is 11.4 Å². The van der Waals surface area contributed by atoms with Crippen LogP contribution in [-0.2, 0) is 4.79 Å². The summed E-state index contributed by atoms with van der Waals surface area (Å²) in [5.41, 5.74) is 0. The van der Waals surface area contributed by atoms with Crippen molar-refractivity contribution in [2.24, 2.45) is 5.92 Å². The number of carbonyl (C=O) groups is 1. The third-order valence-corrected chi connectivity index (χ3v) is 2.64. The van der Waals surface area contributed by atoms with E-state index in [9.17, 15) is 4.79 Å². The lowest BCUT2D eigenvalue weighted by Crippen LogP contribution is -2.43. The summed E-state index contributed by atoms with van der Waals surface area (Å²) in [6.07, 6.45) is 8.76. The molecule has 2 aliphatic rings. The molecular weight excluding hydrogens is 154 g/mol. The average molecular weight is 169 g/mol. The van der Waals surface area contributed by atoms with Crippen LogP contribution < -0.4 is 5.32 Å². The van der Waals surface area contributed by atoms with Gasteiger partial charge in [-0.3, -0.25) is 4.79 Å². The Balaban J connectivity index is 0.000000720. The van der Waals surface area contributed by atoms with Crippen LogP contribution in [0.25, 0.3) is 0 Å². The fourth-order valence-corrected chi connectivity index (χ4v) is 2.01. The molecule has 0 saturated heterocycles. The van der Waals surface area contributed by atoms with Crippen molar-refractivity contribution in [2.45, 2.75) is 31.7 Å². The van der Waals surface area contributed by atoms with E-state index < -0.39 is 0 Å². The fraction of sp³-hybridized carbons (Fsp3) is 0.667. The molecule has 3 N–H and O–H groups in total. The second-order valence-corrected chi connectivity index (χ2v) is 3.42. The predicted octanol–water partition coefficient (Wildman–Crippen LogP) is 0.406. The van der Waals surface area contributed by atoms with Crippen molar-refractivity contribution in [3.63, 3.8) is 0 Å². The topological polar surface area (TPSA) is 60.6 Å². The van der Waals surface area contributed by atoms with E-state index in [4.69, 9.17) is 0 Å². The Kier molecular flexibility index (Phi) is 2.87. The SMILES string of the molecule is O.O=C1C=CC2CCCCC2N1. The number of hydrogen-bond acceptors (Lipinski definition) is 1. The minimum Gasteiger partial charge on any atom is -0.412 e. The second-order valence-electron chi connectivity index (χ2n) is 3.42. The molecule has 0 aromatic carbocycles. The third-order valence-electron chi connectivity index (χ3n) is 2.64. The van der Waals surface area contributed by atoms with Gasteiger partial charge in [0.05, 0.1) is 0 Å². The number of carbonyl (C=O) groups excluding carboxylic acids is 1. The molecule has 1 amide bonds. The van der Waals surface area contributed by atoms with Gasteiger partial charge in [0.25, 0.3) is 0 Å². The van der Waals surface area contributed by atoms with E-state index in [1.54, 1.807) is 6.08 Å². The molecule has 0 radical (unpaired) electrons. The van der Waals surface area contributed by atoms with Crippen LogP contribution in [0.5, 0.6) is 0 Å². The van der Waals surface area contributed by atoms with E-state index in [2.05, 4.69) is 11.4 Å². The van der Waals surface area contributed by atoms with Gasteiger partial charge in [-0.2, -0.15) is 0 Å². The van der Waals surface area contributed by atoms with Crippen LogP contribution in [0.3, 0.4) is 0 Å². The molecule has 0 bridgehead atoms. The van der Waals surface area contributed by atoms with Crippen LogP contribution in [0.15, 0.2) is 12.2 Å². The van der Waals surface area contributed by atoms with Gasteiger partial charge in [0, 0.05) is 6.04 Å². The molecule has 1 saturated carbocycles. The summed E-state index contributed by atoms with van der Waals surface area (Å²) in [4.78, 5) is 10.9. The second kappa shape index (κ2) is 3.72. The Morgan fingerprint density at radius 2 is 2.08 bits per heavy atom. The van der Waals surface area contributed by atoms with Gasteiger partial charge in [-0.1, -0.05) is 18.9 Å². The molecule has 12 heavy (non-hydrogen) atoms. The average Bonchev–Trinajstić information content (AvgIpc) is 2.04. The molecule has 1 aliphatic heterocycles. The van der Waals surface area contributed by atoms with Crippen molar-refractivity contribution in [3.05, 3.63) is 12.2 Å². The Morgan fingerprint density at radius 1 is 1.33 bits per heavy atom. The van der Waals surface area contributed by atoms with E-state index in [0.29, 0.717) is 12.0 Å². The number of nitrogens with one attached hydrogen (secondary N) is 1. The molecule has 0 aromatic heterocycles. The van der Waals surface area contributed by atoms with Gasteiger partial charge < -0.3 is 10.8 Å². The molecule has 1 heterocycles. The van der Waals surface area contributed by atoms with Crippen molar-refractivity contribution in [3.8, 4) is 0 Å². The Hall–Kier alpha value is -0.830. The van der Waals surface area contributed by atoms with E-state index in [1.165, 1.54) is 25.7 Å². The standard InChI is InChI=1S/C9H13NO.H2O/c11-9-6-5-7-3-1-2-4-8(7)10-9;/h5-8H,1-4H2,(H,10,11);1H2. The summed E-state index contributed by atoms with van der Waals surface area (Å²) in [6, 6.07) is 0.446.